The van der Waals surface area contributed by atoms with Crippen LogP contribution in [0.3, 0.4) is 0 Å². The fourth-order valence-corrected chi connectivity index (χ4v) is 4.36. The van der Waals surface area contributed by atoms with Crippen molar-refractivity contribution >= 4 is 11.5 Å². The Hall–Kier alpha value is -2.45. The van der Waals surface area contributed by atoms with Crippen molar-refractivity contribution < 1.29 is 0 Å². The molecule has 2 aliphatic heterocycles. The van der Waals surface area contributed by atoms with E-state index >= 15 is 0 Å². The summed E-state index contributed by atoms with van der Waals surface area (Å²) in [7, 11) is 6.15. The Bertz CT molecular complexity index is 904. The molecule has 1 unspecified atom stereocenters. The van der Waals surface area contributed by atoms with Crippen molar-refractivity contribution in [3.8, 4) is 0 Å². The third-order valence-corrected chi connectivity index (χ3v) is 6.18. The van der Waals surface area contributed by atoms with E-state index in [1.54, 1.807) is 10.7 Å². The van der Waals surface area contributed by atoms with Crippen molar-refractivity contribution in [2.24, 2.45) is 0 Å². The van der Waals surface area contributed by atoms with Crippen LogP contribution in [0.25, 0.3) is 0 Å². The van der Waals surface area contributed by atoms with Crippen LogP contribution < -0.4 is 15.4 Å². The average Bonchev–Trinajstić information content (AvgIpc) is 2.74. The molecule has 4 heterocycles. The van der Waals surface area contributed by atoms with Gasteiger partial charge in [-0.05, 0) is 44.1 Å². The Morgan fingerprint density at radius 1 is 1.13 bits per heavy atom. The maximum atomic E-state index is 12.9. The fraction of sp³-hybridized carbons (Fsp3) is 0.591. The van der Waals surface area contributed by atoms with Gasteiger partial charge in [-0.1, -0.05) is 0 Å². The van der Waals surface area contributed by atoms with Gasteiger partial charge in [-0.15, -0.1) is 0 Å². The zero-order valence-electron chi connectivity index (χ0n) is 18.4. The van der Waals surface area contributed by atoms with E-state index in [0.717, 1.165) is 70.2 Å². The molecular weight excluding hydrogens is 378 g/mol. The molecule has 30 heavy (non-hydrogen) atoms. The Kier molecular flexibility index (Phi) is 6.34. The summed E-state index contributed by atoms with van der Waals surface area (Å²) in [5.41, 5.74) is 2.21. The van der Waals surface area contributed by atoms with Crippen LogP contribution in [0.4, 0.5) is 11.5 Å². The molecule has 0 aromatic carbocycles. The molecule has 0 aliphatic carbocycles. The van der Waals surface area contributed by atoms with Crippen LogP contribution >= 0.6 is 0 Å². The van der Waals surface area contributed by atoms with Crippen molar-refractivity contribution in [1.82, 2.24) is 24.6 Å². The van der Waals surface area contributed by atoms with Crippen LogP contribution in [0.1, 0.15) is 24.4 Å². The van der Waals surface area contributed by atoms with Crippen molar-refractivity contribution in [3.63, 3.8) is 0 Å². The molecule has 0 bridgehead atoms. The first-order chi connectivity index (χ1) is 14.5. The number of anilines is 2. The van der Waals surface area contributed by atoms with Gasteiger partial charge >= 0.3 is 0 Å². The summed E-state index contributed by atoms with van der Waals surface area (Å²) < 4.78 is 1.70. The highest BCUT2D eigenvalue weighted by Gasteiger charge is 2.24. The summed E-state index contributed by atoms with van der Waals surface area (Å²) in [6.45, 7) is 6.69. The Labute approximate surface area is 178 Å². The molecule has 8 heteroatoms. The molecular formula is C22H33N7O. The molecule has 1 atom stereocenters. The summed E-state index contributed by atoms with van der Waals surface area (Å²) >= 11 is 0. The number of aromatic nitrogens is 3. The molecule has 2 aromatic rings. The minimum atomic E-state index is 0.0112. The Balaban J connectivity index is 1.43. The van der Waals surface area contributed by atoms with Gasteiger partial charge in [0.1, 0.15) is 5.82 Å². The zero-order valence-corrected chi connectivity index (χ0v) is 18.4. The maximum Gasteiger partial charge on any atom is 0.269 e. The largest absolute Gasteiger partial charge is 0.368 e. The molecule has 0 saturated carbocycles. The monoisotopic (exact) mass is 411 g/mol. The van der Waals surface area contributed by atoms with E-state index in [-0.39, 0.29) is 11.6 Å². The molecule has 8 nitrogen and oxygen atoms in total. The summed E-state index contributed by atoms with van der Waals surface area (Å²) in [6, 6.07) is 6.11. The number of likely N-dealkylation sites (N-methyl/N-ethyl adjacent to an activating group) is 1. The van der Waals surface area contributed by atoms with Crippen LogP contribution in [-0.4, -0.2) is 85.0 Å². The number of likely N-dealkylation sites (tertiary alicyclic amines) is 1. The van der Waals surface area contributed by atoms with E-state index in [9.17, 15) is 4.79 Å². The summed E-state index contributed by atoms with van der Waals surface area (Å²) in [4.78, 5) is 26.3. The lowest BCUT2D eigenvalue weighted by Crippen LogP contribution is -2.45. The summed E-state index contributed by atoms with van der Waals surface area (Å²) in [5, 5.41) is 4.58. The van der Waals surface area contributed by atoms with Gasteiger partial charge in [-0.3, -0.25) is 9.69 Å². The van der Waals surface area contributed by atoms with Gasteiger partial charge < -0.3 is 14.7 Å². The number of nitrogens with zero attached hydrogens (tertiary/aromatic N) is 7. The number of piperazine rings is 1. The Morgan fingerprint density at radius 3 is 2.67 bits per heavy atom. The smallest absolute Gasteiger partial charge is 0.269 e. The minimum absolute atomic E-state index is 0.0112. The number of rotatable bonds is 5. The number of pyridine rings is 1. The maximum absolute atomic E-state index is 12.9. The second-order valence-corrected chi connectivity index (χ2v) is 8.73. The predicted molar refractivity (Wildman–Crippen MR) is 120 cm³/mol. The second kappa shape index (κ2) is 9.14. The summed E-state index contributed by atoms with van der Waals surface area (Å²) in [5.74, 6) is 0.971. The van der Waals surface area contributed by atoms with Gasteiger partial charge in [-0.25, -0.2) is 9.67 Å². The molecule has 2 saturated heterocycles. The normalized spacial score (nSPS) is 21.0. The van der Waals surface area contributed by atoms with Crippen molar-refractivity contribution in [1.29, 1.82) is 0 Å². The average molecular weight is 412 g/mol. The quantitative estimate of drug-likeness (QED) is 0.735. The lowest BCUT2D eigenvalue weighted by molar-refractivity contribution is 0.160. The molecule has 2 fully saturated rings. The van der Waals surface area contributed by atoms with Gasteiger partial charge in [0.15, 0.2) is 0 Å². The van der Waals surface area contributed by atoms with Gasteiger partial charge in [-0.2, -0.15) is 5.10 Å². The van der Waals surface area contributed by atoms with Crippen LogP contribution in [0.2, 0.25) is 0 Å². The predicted octanol–water partition coefficient (Wildman–Crippen LogP) is 1.29. The van der Waals surface area contributed by atoms with Crippen molar-refractivity contribution in [3.05, 3.63) is 46.5 Å². The molecule has 2 aromatic heterocycles. The highest BCUT2D eigenvalue weighted by Crippen LogP contribution is 2.22. The minimum Gasteiger partial charge on any atom is -0.368 e. The first-order valence-corrected chi connectivity index (χ1v) is 10.9. The van der Waals surface area contributed by atoms with Gasteiger partial charge in [0, 0.05) is 65.6 Å². The van der Waals surface area contributed by atoms with E-state index in [1.165, 1.54) is 5.56 Å². The Morgan fingerprint density at radius 2 is 1.93 bits per heavy atom. The van der Waals surface area contributed by atoms with Crippen LogP contribution in [0, 0.1) is 0 Å². The lowest BCUT2D eigenvalue weighted by Gasteiger charge is -2.35. The first-order valence-electron chi connectivity index (χ1n) is 10.9. The molecule has 4 rings (SSSR count). The van der Waals surface area contributed by atoms with Gasteiger partial charge in [0.2, 0.25) is 0 Å². The van der Waals surface area contributed by atoms with Gasteiger partial charge in [0.05, 0.1) is 17.9 Å². The highest BCUT2D eigenvalue weighted by molar-refractivity contribution is 5.43. The second-order valence-electron chi connectivity index (χ2n) is 8.73. The van der Waals surface area contributed by atoms with Crippen LogP contribution in [0.5, 0.6) is 0 Å². The zero-order chi connectivity index (χ0) is 21.1. The highest BCUT2D eigenvalue weighted by atomic mass is 16.1. The number of hydrogen-bond acceptors (Lipinski definition) is 7. The van der Waals surface area contributed by atoms with Crippen molar-refractivity contribution in [2.45, 2.75) is 25.4 Å². The van der Waals surface area contributed by atoms with Crippen LogP contribution in [-0.2, 0) is 6.54 Å². The standard InChI is InChI=1S/C22H33N7O/c1-25(2)21-13-18(6-7-23-21)16-27-8-4-5-19(17-27)29-22(30)14-20(15-24-29)28-11-9-26(3)10-12-28/h6-7,13-15,19H,4-5,8-12,16-17H2,1-3H3. The molecule has 0 N–H and O–H groups in total. The van der Waals surface area contributed by atoms with E-state index < -0.39 is 0 Å². The molecule has 0 radical (unpaired) electrons. The molecule has 0 spiro atoms. The van der Waals surface area contributed by atoms with E-state index in [0.29, 0.717) is 0 Å². The number of piperidine rings is 1. The third kappa shape index (κ3) is 4.82. The third-order valence-electron chi connectivity index (χ3n) is 6.18. The topological polar surface area (TPSA) is 60.7 Å². The number of hydrogen-bond donors (Lipinski definition) is 0. The summed E-state index contributed by atoms with van der Waals surface area (Å²) in [6.07, 6.45) is 5.81. The SMILES string of the molecule is CN1CCN(c2cnn(C3CCCN(Cc4ccnc(N(C)C)c4)C3)c(=O)c2)CC1. The molecule has 0 amide bonds. The first kappa shape index (κ1) is 20.8. The molecule has 162 valence electrons. The van der Waals surface area contributed by atoms with E-state index in [1.807, 2.05) is 31.4 Å². The van der Waals surface area contributed by atoms with E-state index in [4.69, 9.17) is 0 Å². The fourth-order valence-electron chi connectivity index (χ4n) is 4.36. The van der Waals surface area contributed by atoms with Crippen molar-refractivity contribution in [2.75, 3.05) is 70.2 Å². The van der Waals surface area contributed by atoms with Crippen LogP contribution in [0.15, 0.2) is 35.4 Å². The van der Waals surface area contributed by atoms with E-state index in [2.05, 4.69) is 44.0 Å². The van der Waals surface area contributed by atoms with Gasteiger partial charge in [0.25, 0.3) is 5.56 Å². The lowest BCUT2D eigenvalue weighted by atomic mass is 10.0. The molecule has 2 aliphatic rings.